The Balaban J connectivity index is 1.97. The second kappa shape index (κ2) is 7.40. The molecule has 3 nitrogen and oxygen atoms in total. The quantitative estimate of drug-likeness (QED) is 0.346. The minimum absolute atomic E-state index is 0.0202. The van der Waals surface area contributed by atoms with Crippen LogP contribution >= 0.6 is 0 Å². The Morgan fingerprint density at radius 3 is 2.23 bits per heavy atom. The highest BCUT2D eigenvalue weighted by molar-refractivity contribution is 5.97. The lowest BCUT2D eigenvalue weighted by Gasteiger charge is -2.23. The number of pyridine rings is 1. The number of hydrogen-bond donors (Lipinski definition) is 0. The summed E-state index contributed by atoms with van der Waals surface area (Å²) in [6.45, 7) is 17.8. The third-order valence-corrected chi connectivity index (χ3v) is 5.91. The molecule has 0 fully saturated rings. The molecule has 160 valence electrons. The van der Waals surface area contributed by atoms with Gasteiger partial charge in [-0.15, -0.1) is 0 Å². The van der Waals surface area contributed by atoms with Gasteiger partial charge in [0.25, 0.3) is 0 Å². The van der Waals surface area contributed by atoms with Crippen LogP contribution in [0.5, 0.6) is 0 Å². The second-order valence-electron chi connectivity index (χ2n) is 11.0. The van der Waals surface area contributed by atoms with Crippen LogP contribution in [0, 0.1) is 19.3 Å². The van der Waals surface area contributed by atoms with E-state index in [1.165, 1.54) is 16.7 Å². The van der Waals surface area contributed by atoms with Crippen LogP contribution in [-0.4, -0.2) is 15.0 Å². The van der Waals surface area contributed by atoms with E-state index in [1.807, 2.05) is 0 Å². The Labute approximate surface area is 186 Å². The number of nitrogens with zero attached hydrogens (tertiary/aromatic N) is 3. The Bertz CT molecular complexity index is 1290. The van der Waals surface area contributed by atoms with Crippen LogP contribution in [0.1, 0.15) is 63.9 Å². The van der Waals surface area contributed by atoms with Crippen LogP contribution in [-0.2, 0) is 11.8 Å². The average Bonchev–Trinajstić information content (AvgIpc) is 2.67. The Morgan fingerprint density at radius 2 is 1.55 bits per heavy atom. The Kier molecular flexibility index (Phi) is 5.12. The van der Waals surface area contributed by atoms with E-state index >= 15 is 0 Å². The summed E-state index contributed by atoms with van der Waals surface area (Å²) in [7, 11) is 0. The van der Waals surface area contributed by atoms with Crippen LogP contribution in [0.15, 0.2) is 42.7 Å². The first-order chi connectivity index (χ1) is 14.4. The molecule has 0 unspecified atom stereocenters. The van der Waals surface area contributed by atoms with E-state index in [1.54, 1.807) is 6.33 Å². The van der Waals surface area contributed by atoms with Gasteiger partial charge < -0.3 is 0 Å². The highest BCUT2D eigenvalue weighted by Crippen LogP contribution is 2.36. The SMILES string of the molecule is Cc1ccc2cc(-c3ncnc4c(C)c(CC(C)(C)C)ccc34)cc(C(C)(C)C)c2n1. The van der Waals surface area contributed by atoms with Gasteiger partial charge >= 0.3 is 0 Å². The van der Waals surface area contributed by atoms with Crippen molar-refractivity contribution in [2.45, 2.75) is 67.2 Å². The van der Waals surface area contributed by atoms with Gasteiger partial charge in [-0.2, -0.15) is 0 Å². The third kappa shape index (κ3) is 4.19. The Morgan fingerprint density at radius 1 is 0.806 bits per heavy atom. The molecular formula is C28H33N3. The number of fused-ring (bicyclic) bond motifs is 2. The number of hydrogen-bond acceptors (Lipinski definition) is 3. The summed E-state index contributed by atoms with van der Waals surface area (Å²) in [5.74, 6) is 0. The van der Waals surface area contributed by atoms with E-state index in [0.717, 1.165) is 45.2 Å². The molecule has 0 aliphatic heterocycles. The molecular weight excluding hydrogens is 378 g/mol. The minimum Gasteiger partial charge on any atom is -0.253 e. The molecule has 0 aliphatic rings. The maximum Gasteiger partial charge on any atom is 0.116 e. The molecule has 0 saturated heterocycles. The Hall–Kier alpha value is -2.81. The second-order valence-corrected chi connectivity index (χ2v) is 11.0. The summed E-state index contributed by atoms with van der Waals surface area (Å²) >= 11 is 0. The fourth-order valence-electron chi connectivity index (χ4n) is 4.35. The van der Waals surface area contributed by atoms with E-state index in [-0.39, 0.29) is 10.8 Å². The summed E-state index contributed by atoms with van der Waals surface area (Å²) in [4.78, 5) is 14.3. The maximum atomic E-state index is 4.87. The molecule has 0 radical (unpaired) electrons. The summed E-state index contributed by atoms with van der Waals surface area (Å²) in [6, 6.07) is 13.2. The normalized spacial score (nSPS) is 12.6. The molecule has 2 aromatic heterocycles. The van der Waals surface area contributed by atoms with E-state index in [9.17, 15) is 0 Å². The summed E-state index contributed by atoms with van der Waals surface area (Å²) in [5.41, 5.74) is 9.36. The van der Waals surface area contributed by atoms with E-state index in [4.69, 9.17) is 9.97 Å². The lowest BCUT2D eigenvalue weighted by Crippen LogP contribution is -2.13. The predicted molar refractivity (Wildman–Crippen MR) is 132 cm³/mol. The fraction of sp³-hybridized carbons (Fsp3) is 0.393. The van der Waals surface area contributed by atoms with E-state index in [2.05, 4.69) is 96.8 Å². The molecule has 4 rings (SSSR count). The molecule has 4 aromatic rings. The van der Waals surface area contributed by atoms with Gasteiger partial charge in [0.1, 0.15) is 6.33 Å². The van der Waals surface area contributed by atoms with Crippen LogP contribution in [0.2, 0.25) is 0 Å². The highest BCUT2D eigenvalue weighted by atomic mass is 14.8. The van der Waals surface area contributed by atoms with Crippen molar-refractivity contribution in [1.82, 2.24) is 15.0 Å². The molecule has 0 amide bonds. The zero-order valence-electron chi connectivity index (χ0n) is 20.1. The topological polar surface area (TPSA) is 38.7 Å². The van der Waals surface area contributed by atoms with E-state index in [0.29, 0.717) is 0 Å². The average molecular weight is 412 g/mol. The van der Waals surface area contributed by atoms with Gasteiger partial charge in [0, 0.05) is 22.0 Å². The summed E-state index contributed by atoms with van der Waals surface area (Å²) < 4.78 is 0. The van der Waals surface area contributed by atoms with Crippen LogP contribution < -0.4 is 0 Å². The molecule has 0 N–H and O–H groups in total. The lowest BCUT2D eigenvalue weighted by atomic mass is 9.83. The first kappa shape index (κ1) is 21.4. The van der Waals surface area contributed by atoms with Crippen LogP contribution in [0.4, 0.5) is 0 Å². The van der Waals surface area contributed by atoms with Crippen molar-refractivity contribution in [3.63, 3.8) is 0 Å². The number of rotatable bonds is 2. The van der Waals surface area contributed by atoms with Gasteiger partial charge in [-0.25, -0.2) is 9.97 Å². The van der Waals surface area contributed by atoms with Crippen molar-refractivity contribution in [3.05, 3.63) is 65.1 Å². The van der Waals surface area contributed by atoms with Crippen molar-refractivity contribution >= 4 is 21.8 Å². The molecule has 31 heavy (non-hydrogen) atoms. The highest BCUT2D eigenvalue weighted by Gasteiger charge is 2.21. The molecule has 3 heteroatoms. The van der Waals surface area contributed by atoms with Gasteiger partial charge in [0.05, 0.1) is 16.7 Å². The van der Waals surface area contributed by atoms with Gasteiger partial charge in [0.2, 0.25) is 0 Å². The van der Waals surface area contributed by atoms with Crippen molar-refractivity contribution < 1.29 is 0 Å². The summed E-state index contributed by atoms with van der Waals surface area (Å²) in [6.07, 6.45) is 2.74. The van der Waals surface area contributed by atoms with Crippen LogP contribution in [0.25, 0.3) is 33.1 Å². The molecule has 0 bridgehead atoms. The third-order valence-electron chi connectivity index (χ3n) is 5.91. The minimum atomic E-state index is -0.0202. The van der Waals surface area contributed by atoms with E-state index < -0.39 is 0 Å². The first-order valence-electron chi connectivity index (χ1n) is 11.1. The van der Waals surface area contributed by atoms with Gasteiger partial charge in [-0.05, 0) is 66.0 Å². The summed E-state index contributed by atoms with van der Waals surface area (Å²) in [5, 5.41) is 2.26. The predicted octanol–water partition coefficient (Wildman–Crippen LogP) is 7.35. The zero-order valence-corrected chi connectivity index (χ0v) is 20.1. The zero-order chi connectivity index (χ0) is 22.6. The molecule has 0 spiro atoms. The van der Waals surface area contributed by atoms with Gasteiger partial charge in [-0.3, -0.25) is 4.98 Å². The van der Waals surface area contributed by atoms with Crippen LogP contribution in [0.3, 0.4) is 0 Å². The van der Waals surface area contributed by atoms with Gasteiger partial charge in [0.15, 0.2) is 0 Å². The van der Waals surface area contributed by atoms with Crippen molar-refractivity contribution in [2.75, 3.05) is 0 Å². The fourth-order valence-corrected chi connectivity index (χ4v) is 4.35. The largest absolute Gasteiger partial charge is 0.253 e. The van der Waals surface area contributed by atoms with Crippen molar-refractivity contribution in [3.8, 4) is 11.3 Å². The number of aromatic nitrogens is 3. The van der Waals surface area contributed by atoms with Gasteiger partial charge in [-0.1, -0.05) is 59.7 Å². The monoisotopic (exact) mass is 411 g/mol. The number of benzene rings is 2. The molecule has 0 saturated carbocycles. The molecule has 2 aromatic carbocycles. The standard InChI is InChI=1S/C28H33N3/c1-17-9-10-19-13-21(14-23(26(19)31-17)28(6,7)8)25-22-12-11-20(15-27(3,4)5)18(2)24(22)29-16-30-25/h9-14,16H,15H2,1-8H3. The smallest absolute Gasteiger partial charge is 0.116 e. The molecule has 0 aliphatic carbocycles. The van der Waals surface area contributed by atoms with Crippen molar-refractivity contribution in [1.29, 1.82) is 0 Å². The molecule has 0 atom stereocenters. The maximum absolute atomic E-state index is 4.87. The first-order valence-corrected chi connectivity index (χ1v) is 11.1. The van der Waals surface area contributed by atoms with Crippen molar-refractivity contribution in [2.24, 2.45) is 5.41 Å². The molecule has 2 heterocycles. The number of aryl methyl sites for hydroxylation is 2. The lowest BCUT2D eigenvalue weighted by molar-refractivity contribution is 0.410.